The van der Waals surface area contributed by atoms with E-state index < -0.39 is 0 Å². The van der Waals surface area contributed by atoms with E-state index in [0.29, 0.717) is 23.0 Å². The summed E-state index contributed by atoms with van der Waals surface area (Å²) in [4.78, 5) is 4.02. The van der Waals surface area contributed by atoms with Gasteiger partial charge >= 0.3 is 0 Å². The van der Waals surface area contributed by atoms with Crippen molar-refractivity contribution in [3.05, 3.63) is 30.7 Å². The van der Waals surface area contributed by atoms with Crippen molar-refractivity contribution in [1.82, 2.24) is 4.98 Å². The normalized spacial score (nSPS) is 10.0. The minimum Gasteiger partial charge on any atom is -0.496 e. The third-order valence-electron chi connectivity index (χ3n) is 2.03. The van der Waals surface area contributed by atoms with Crippen LogP contribution in [0.3, 0.4) is 0 Å². The highest BCUT2D eigenvalue weighted by molar-refractivity contribution is 5.70. The number of rotatable bonds is 3. The zero-order chi connectivity index (χ0) is 10.7. The van der Waals surface area contributed by atoms with Gasteiger partial charge in [0.05, 0.1) is 20.4 Å². The zero-order valence-corrected chi connectivity index (χ0v) is 8.48. The van der Waals surface area contributed by atoms with Crippen LogP contribution < -0.4 is 9.47 Å². The van der Waals surface area contributed by atoms with Gasteiger partial charge in [-0.15, -0.1) is 0 Å². The van der Waals surface area contributed by atoms with E-state index in [4.69, 9.17) is 13.9 Å². The van der Waals surface area contributed by atoms with Crippen molar-refractivity contribution < 1.29 is 13.9 Å². The molecule has 4 nitrogen and oxygen atoms in total. The molecule has 2 rings (SSSR count). The number of hydrogen-bond acceptors (Lipinski definition) is 4. The molecule has 0 N–H and O–H groups in total. The van der Waals surface area contributed by atoms with Crippen molar-refractivity contribution in [2.75, 3.05) is 14.2 Å². The third kappa shape index (κ3) is 1.66. The second kappa shape index (κ2) is 4.04. The van der Waals surface area contributed by atoms with Gasteiger partial charge in [0.15, 0.2) is 6.26 Å². The summed E-state index contributed by atoms with van der Waals surface area (Å²) in [5.74, 6) is 1.75. The predicted molar refractivity (Wildman–Crippen MR) is 53.9 cm³/mol. The van der Waals surface area contributed by atoms with Gasteiger partial charge in [0.2, 0.25) is 5.89 Å². The fourth-order valence-electron chi connectivity index (χ4n) is 1.37. The minimum absolute atomic E-state index is 0.435. The van der Waals surface area contributed by atoms with E-state index in [1.54, 1.807) is 14.2 Å². The summed E-state index contributed by atoms with van der Waals surface area (Å²) >= 11 is 0. The molecule has 0 spiro atoms. The van der Waals surface area contributed by atoms with E-state index in [0.717, 1.165) is 0 Å². The Morgan fingerprint density at radius 2 is 1.87 bits per heavy atom. The van der Waals surface area contributed by atoms with Gasteiger partial charge in [0.1, 0.15) is 17.1 Å². The number of benzene rings is 1. The van der Waals surface area contributed by atoms with Crippen LogP contribution in [0.2, 0.25) is 0 Å². The van der Waals surface area contributed by atoms with Crippen molar-refractivity contribution in [1.29, 1.82) is 0 Å². The molecule has 0 saturated carbocycles. The molecule has 2 aromatic rings. The molecule has 0 aliphatic rings. The fourth-order valence-corrected chi connectivity index (χ4v) is 1.37. The van der Waals surface area contributed by atoms with Crippen LogP contribution in [0.5, 0.6) is 11.5 Å². The van der Waals surface area contributed by atoms with Crippen LogP contribution in [0.15, 0.2) is 28.8 Å². The Hall–Kier alpha value is -1.97. The number of methoxy groups -OCH3 is 2. The maximum absolute atomic E-state index is 5.22. The van der Waals surface area contributed by atoms with Crippen LogP contribution >= 0.6 is 0 Å². The Morgan fingerprint density at radius 3 is 2.33 bits per heavy atom. The SMILES string of the molecule is COc1cccc(OC)c1-c1nc[c]o1. The summed E-state index contributed by atoms with van der Waals surface area (Å²) < 4.78 is 15.5. The maximum atomic E-state index is 5.22. The molecule has 15 heavy (non-hydrogen) atoms. The number of oxazole rings is 1. The summed E-state index contributed by atoms with van der Waals surface area (Å²) in [5.41, 5.74) is 0.698. The molecule has 77 valence electrons. The third-order valence-corrected chi connectivity index (χ3v) is 2.03. The summed E-state index contributed by atoms with van der Waals surface area (Å²) in [7, 11) is 3.18. The molecule has 0 fully saturated rings. The molecule has 1 aromatic carbocycles. The highest BCUT2D eigenvalue weighted by atomic mass is 16.5. The first-order valence-electron chi connectivity index (χ1n) is 4.40. The maximum Gasteiger partial charge on any atom is 0.234 e. The molecule has 0 atom stereocenters. The van der Waals surface area contributed by atoms with Crippen molar-refractivity contribution in [2.24, 2.45) is 0 Å². The number of aromatic nitrogens is 1. The average molecular weight is 204 g/mol. The lowest BCUT2D eigenvalue weighted by Gasteiger charge is -2.09. The Morgan fingerprint density at radius 1 is 1.20 bits per heavy atom. The van der Waals surface area contributed by atoms with E-state index in [1.165, 1.54) is 6.20 Å². The van der Waals surface area contributed by atoms with E-state index in [2.05, 4.69) is 11.2 Å². The molecule has 4 heteroatoms. The highest BCUT2D eigenvalue weighted by Gasteiger charge is 2.15. The second-order valence-corrected chi connectivity index (χ2v) is 2.82. The highest BCUT2D eigenvalue weighted by Crippen LogP contribution is 2.36. The molecule has 0 amide bonds. The molecule has 0 aliphatic heterocycles. The molecule has 0 saturated heterocycles. The lowest BCUT2D eigenvalue weighted by atomic mass is 10.1. The lowest BCUT2D eigenvalue weighted by molar-refractivity contribution is 0.394. The van der Waals surface area contributed by atoms with Crippen LogP contribution in [0.4, 0.5) is 0 Å². The fraction of sp³-hybridized carbons (Fsp3) is 0.182. The second-order valence-electron chi connectivity index (χ2n) is 2.82. The van der Waals surface area contributed by atoms with Gasteiger partial charge in [-0.3, -0.25) is 0 Å². The van der Waals surface area contributed by atoms with Crippen molar-refractivity contribution in [3.8, 4) is 23.0 Å². The lowest BCUT2D eigenvalue weighted by Crippen LogP contribution is -1.92. The quantitative estimate of drug-likeness (QED) is 0.768. The van der Waals surface area contributed by atoms with Crippen molar-refractivity contribution >= 4 is 0 Å². The van der Waals surface area contributed by atoms with Crippen LogP contribution in [0.25, 0.3) is 11.5 Å². The van der Waals surface area contributed by atoms with Gasteiger partial charge in [0.25, 0.3) is 0 Å². The standard InChI is InChI=1S/C11H10NO3/c1-13-8-4-3-5-9(14-2)10(8)11-12-6-7-15-11/h3-6H,1-2H3. The molecule has 1 radical (unpaired) electrons. The minimum atomic E-state index is 0.435. The molecular weight excluding hydrogens is 194 g/mol. The molecule has 0 aliphatic carbocycles. The van der Waals surface area contributed by atoms with Gasteiger partial charge in [-0.05, 0) is 12.1 Å². The number of hydrogen-bond donors (Lipinski definition) is 0. The Balaban J connectivity index is 2.61. The zero-order valence-electron chi connectivity index (χ0n) is 8.48. The van der Waals surface area contributed by atoms with Crippen molar-refractivity contribution in [3.63, 3.8) is 0 Å². The Labute approximate surface area is 87.5 Å². The smallest absolute Gasteiger partial charge is 0.234 e. The molecule has 1 aromatic heterocycles. The average Bonchev–Trinajstić information content (AvgIpc) is 2.81. The first kappa shape index (κ1) is 9.58. The van der Waals surface area contributed by atoms with Crippen molar-refractivity contribution in [2.45, 2.75) is 0 Å². The summed E-state index contributed by atoms with van der Waals surface area (Å²) in [6.45, 7) is 0. The van der Waals surface area contributed by atoms with Crippen LogP contribution in [0.1, 0.15) is 0 Å². The van der Waals surface area contributed by atoms with Gasteiger partial charge < -0.3 is 13.9 Å². The molecule has 0 bridgehead atoms. The Kier molecular flexibility index (Phi) is 2.58. The number of nitrogens with zero attached hydrogens (tertiary/aromatic N) is 1. The van der Waals surface area contributed by atoms with Gasteiger partial charge in [-0.2, -0.15) is 0 Å². The summed E-state index contributed by atoms with van der Waals surface area (Å²) in [5, 5.41) is 0. The van der Waals surface area contributed by atoms with Gasteiger partial charge in [0, 0.05) is 0 Å². The summed E-state index contributed by atoms with van der Waals surface area (Å²) in [6.07, 6.45) is 3.99. The molecule has 0 unspecified atom stereocenters. The predicted octanol–water partition coefficient (Wildman–Crippen LogP) is 2.16. The van der Waals surface area contributed by atoms with E-state index in [-0.39, 0.29) is 0 Å². The topological polar surface area (TPSA) is 44.5 Å². The first-order chi connectivity index (χ1) is 7.36. The van der Waals surface area contributed by atoms with E-state index in [9.17, 15) is 0 Å². The van der Waals surface area contributed by atoms with Gasteiger partial charge in [-0.25, -0.2) is 4.98 Å². The molecular formula is C11H10NO3. The van der Waals surface area contributed by atoms with E-state index >= 15 is 0 Å². The first-order valence-corrected chi connectivity index (χ1v) is 4.40. The van der Waals surface area contributed by atoms with Crippen LogP contribution in [-0.2, 0) is 0 Å². The molecule has 1 heterocycles. The van der Waals surface area contributed by atoms with E-state index in [1.807, 2.05) is 18.2 Å². The largest absolute Gasteiger partial charge is 0.496 e. The summed E-state index contributed by atoms with van der Waals surface area (Å²) in [6, 6.07) is 5.48. The Bertz CT molecular complexity index is 415. The van der Waals surface area contributed by atoms with Crippen LogP contribution in [0, 0.1) is 6.26 Å². The monoisotopic (exact) mass is 204 g/mol. The number of ether oxygens (including phenoxy) is 2. The van der Waals surface area contributed by atoms with Crippen LogP contribution in [-0.4, -0.2) is 19.2 Å². The van der Waals surface area contributed by atoms with Gasteiger partial charge in [-0.1, -0.05) is 6.07 Å².